The van der Waals surface area contributed by atoms with Crippen LogP contribution in [0.5, 0.6) is 0 Å². The molecule has 1 saturated heterocycles. The van der Waals surface area contributed by atoms with Crippen LogP contribution in [-0.4, -0.2) is 106 Å². The molecule has 2 aromatic heterocycles. The Morgan fingerprint density at radius 1 is 1.02 bits per heavy atom. The lowest BCUT2D eigenvalue weighted by molar-refractivity contribution is -0.278. The molecule has 7 atom stereocenters. The van der Waals surface area contributed by atoms with Gasteiger partial charge in [-0.2, -0.15) is 20.0 Å². The lowest BCUT2D eigenvalue weighted by atomic mass is 9.90. The number of aromatic nitrogens is 5. The Bertz CT molecular complexity index is 1490. The number of carbonyl (C=O) groups is 3. The molecule has 1 aromatic carbocycles. The Hall–Kier alpha value is -4.91. The summed E-state index contributed by atoms with van der Waals surface area (Å²) < 4.78 is 10.1. The van der Waals surface area contributed by atoms with Crippen LogP contribution in [0.15, 0.2) is 42.9 Å². The first-order chi connectivity index (χ1) is 21.1. The number of ether oxygens (including phenoxy) is 2. The molecule has 1 aliphatic heterocycles. The number of primary amides is 1. The molecule has 18 heteroatoms. The predicted octanol–water partition coefficient (Wildman–Crippen LogP) is -0.759. The number of alkyl carbamates (subject to hydrolysis) is 1. The third kappa shape index (κ3) is 6.83. The van der Waals surface area contributed by atoms with Crippen molar-refractivity contribution in [1.82, 2.24) is 30.3 Å². The number of rotatable bonds is 9. The van der Waals surface area contributed by atoms with Crippen LogP contribution in [0.3, 0.4) is 0 Å². The molecule has 0 radical (unpaired) electrons. The van der Waals surface area contributed by atoms with E-state index >= 15 is 0 Å². The van der Waals surface area contributed by atoms with Gasteiger partial charge in [-0.15, -0.1) is 0 Å². The van der Waals surface area contributed by atoms with Gasteiger partial charge in [0.15, 0.2) is 6.10 Å². The second kappa shape index (κ2) is 13.2. The minimum absolute atomic E-state index is 0.0399. The van der Waals surface area contributed by atoms with Crippen molar-refractivity contribution >= 4 is 35.4 Å². The number of nitrogens with two attached hydrogens (primary N) is 1. The van der Waals surface area contributed by atoms with Gasteiger partial charge in [-0.1, -0.05) is 18.9 Å². The fourth-order valence-electron chi connectivity index (χ4n) is 5.00. The summed E-state index contributed by atoms with van der Waals surface area (Å²) in [6.45, 7) is 0. The standard InChI is InChI=1S/C26H31N9O9/c27-21(39)14-11-28-25(34-22(14)31-12-4-3-5-13(10-12)35-29-8-9-30-35)32-15-6-1-2-7-16(15)33-26(42)44-24-19(38)17(36)18(37)20(43-24)23(40)41/h3-5,8-11,15-20,24,36-38H,1-2,6-7H2,(H2,27,39)(H,33,42)(H,40,41)(H2,28,31,32,34)/t15?,16?,17-,18-,19+,20?,24+/m0/s1. The van der Waals surface area contributed by atoms with E-state index in [1.807, 2.05) is 0 Å². The van der Waals surface area contributed by atoms with E-state index in [1.54, 1.807) is 24.3 Å². The summed E-state index contributed by atoms with van der Waals surface area (Å²) in [5, 5.41) is 56.3. The molecule has 0 bridgehead atoms. The Labute approximate surface area is 249 Å². The number of benzene rings is 1. The summed E-state index contributed by atoms with van der Waals surface area (Å²) in [6, 6.07) is 6.16. The number of aliphatic hydroxyl groups is 3. The number of carbonyl (C=O) groups excluding carboxylic acids is 2. The van der Waals surface area contributed by atoms with E-state index in [1.165, 1.54) is 23.4 Å². The molecular weight excluding hydrogens is 582 g/mol. The molecule has 5 rings (SSSR count). The van der Waals surface area contributed by atoms with E-state index in [4.69, 9.17) is 15.2 Å². The molecular formula is C26H31N9O9. The molecule has 18 nitrogen and oxygen atoms in total. The topological polar surface area (TPSA) is 269 Å². The van der Waals surface area contributed by atoms with Crippen LogP contribution in [0, 0.1) is 0 Å². The highest BCUT2D eigenvalue weighted by Crippen LogP contribution is 2.26. The van der Waals surface area contributed by atoms with Gasteiger partial charge in [0.2, 0.25) is 12.2 Å². The van der Waals surface area contributed by atoms with E-state index < -0.39 is 60.8 Å². The third-order valence-electron chi connectivity index (χ3n) is 7.23. The van der Waals surface area contributed by atoms with Crippen LogP contribution in [-0.2, 0) is 14.3 Å². The zero-order valence-electron chi connectivity index (χ0n) is 23.1. The van der Waals surface area contributed by atoms with Crippen LogP contribution in [0.2, 0.25) is 0 Å². The van der Waals surface area contributed by atoms with Crippen molar-refractivity contribution < 1.29 is 44.3 Å². The van der Waals surface area contributed by atoms with Crippen molar-refractivity contribution in [3.05, 3.63) is 48.4 Å². The van der Waals surface area contributed by atoms with E-state index in [0.717, 1.165) is 12.8 Å². The molecule has 3 unspecified atom stereocenters. The smallest absolute Gasteiger partial charge is 0.409 e. The molecule has 0 spiro atoms. The Morgan fingerprint density at radius 3 is 2.45 bits per heavy atom. The monoisotopic (exact) mass is 613 g/mol. The summed E-state index contributed by atoms with van der Waals surface area (Å²) in [6.07, 6.45) is -3.45. The van der Waals surface area contributed by atoms with Crippen LogP contribution in [0.25, 0.3) is 5.69 Å². The Balaban J connectivity index is 1.28. The second-order valence-electron chi connectivity index (χ2n) is 10.2. The first kappa shape index (κ1) is 30.5. The maximum absolute atomic E-state index is 12.7. The highest BCUT2D eigenvalue weighted by molar-refractivity contribution is 5.98. The van der Waals surface area contributed by atoms with E-state index in [2.05, 4.69) is 36.1 Å². The van der Waals surface area contributed by atoms with Crippen molar-refractivity contribution in [2.24, 2.45) is 5.73 Å². The van der Waals surface area contributed by atoms with Gasteiger partial charge in [0.05, 0.1) is 24.1 Å². The average Bonchev–Trinajstić information content (AvgIpc) is 3.54. The van der Waals surface area contributed by atoms with Gasteiger partial charge in [0.25, 0.3) is 5.91 Å². The minimum Gasteiger partial charge on any atom is -0.479 e. The third-order valence-corrected chi connectivity index (χ3v) is 7.23. The quantitative estimate of drug-likeness (QED) is 0.147. The van der Waals surface area contributed by atoms with Crippen LogP contribution < -0.4 is 21.7 Å². The zero-order chi connectivity index (χ0) is 31.4. The van der Waals surface area contributed by atoms with E-state index in [9.17, 15) is 34.8 Å². The summed E-state index contributed by atoms with van der Waals surface area (Å²) in [5.74, 6) is -2.08. The van der Waals surface area contributed by atoms with E-state index in [-0.39, 0.29) is 17.3 Å². The summed E-state index contributed by atoms with van der Waals surface area (Å²) in [5.41, 5.74) is 6.83. The highest BCUT2D eigenvalue weighted by atomic mass is 16.7. The van der Waals surface area contributed by atoms with Gasteiger partial charge in [-0.05, 0) is 31.0 Å². The predicted molar refractivity (Wildman–Crippen MR) is 149 cm³/mol. The first-order valence-corrected chi connectivity index (χ1v) is 13.7. The molecule has 2 fully saturated rings. The number of nitrogens with zero attached hydrogens (tertiary/aromatic N) is 5. The lowest BCUT2D eigenvalue weighted by Crippen LogP contribution is -2.61. The number of hydrogen-bond acceptors (Lipinski definition) is 14. The maximum atomic E-state index is 12.7. The molecule has 1 saturated carbocycles. The van der Waals surface area contributed by atoms with Crippen LogP contribution in [0.1, 0.15) is 36.0 Å². The SMILES string of the molecule is NC(=O)c1cnc(NC2CCCCC2NC(=O)O[C@H]2OC(C(=O)O)[C@@H](O)[C@H](O)[C@H]2O)nc1Nc1cccc(-n2nccn2)c1. The summed E-state index contributed by atoms with van der Waals surface area (Å²) in [4.78, 5) is 46.3. The van der Waals surface area contributed by atoms with Gasteiger partial charge >= 0.3 is 12.1 Å². The number of aliphatic hydroxyl groups excluding tert-OH is 3. The van der Waals surface area contributed by atoms with Crippen molar-refractivity contribution in [1.29, 1.82) is 0 Å². The van der Waals surface area contributed by atoms with Gasteiger partial charge in [0, 0.05) is 17.9 Å². The van der Waals surface area contributed by atoms with Crippen molar-refractivity contribution in [3.63, 3.8) is 0 Å². The van der Waals surface area contributed by atoms with Crippen molar-refractivity contribution in [3.8, 4) is 5.69 Å². The normalized spacial score (nSPS) is 26.8. The molecule has 3 aromatic rings. The average molecular weight is 614 g/mol. The maximum Gasteiger partial charge on any atom is 0.409 e. The summed E-state index contributed by atoms with van der Waals surface area (Å²) >= 11 is 0. The molecule has 2 aliphatic rings. The summed E-state index contributed by atoms with van der Waals surface area (Å²) in [7, 11) is 0. The van der Waals surface area contributed by atoms with Gasteiger partial charge in [-0.3, -0.25) is 4.79 Å². The van der Waals surface area contributed by atoms with Crippen LogP contribution in [0.4, 0.5) is 22.2 Å². The molecule has 234 valence electrons. The van der Waals surface area contributed by atoms with E-state index in [0.29, 0.717) is 24.2 Å². The number of hydrogen-bond donors (Lipinski definition) is 8. The van der Waals surface area contributed by atoms with Crippen molar-refractivity contribution in [2.75, 3.05) is 10.6 Å². The fraction of sp³-hybridized carbons (Fsp3) is 0.423. The molecule has 3 heterocycles. The Kier molecular flexibility index (Phi) is 9.14. The number of carboxylic acids is 1. The minimum atomic E-state index is -1.92. The molecule has 44 heavy (non-hydrogen) atoms. The number of amides is 2. The largest absolute Gasteiger partial charge is 0.479 e. The zero-order valence-corrected chi connectivity index (χ0v) is 23.1. The number of anilines is 3. The lowest BCUT2D eigenvalue weighted by Gasteiger charge is -2.38. The molecule has 1 aliphatic carbocycles. The van der Waals surface area contributed by atoms with Gasteiger partial charge in [-0.25, -0.2) is 14.6 Å². The number of aliphatic carboxylic acids is 1. The van der Waals surface area contributed by atoms with Crippen molar-refractivity contribution in [2.45, 2.75) is 68.5 Å². The number of nitrogens with one attached hydrogen (secondary N) is 3. The molecule has 9 N–H and O–H groups in total. The van der Waals surface area contributed by atoms with Gasteiger partial charge < -0.3 is 51.6 Å². The number of carboxylic acid groups (broad SMARTS) is 1. The fourth-order valence-corrected chi connectivity index (χ4v) is 5.00. The second-order valence-corrected chi connectivity index (χ2v) is 10.2. The first-order valence-electron chi connectivity index (χ1n) is 13.7. The molecule has 2 amide bonds. The highest BCUT2D eigenvalue weighted by Gasteiger charge is 2.48. The van der Waals surface area contributed by atoms with Crippen LogP contribution >= 0.6 is 0 Å². The van der Waals surface area contributed by atoms with Gasteiger partial charge in [0.1, 0.15) is 29.7 Å². The Morgan fingerprint density at radius 2 is 1.75 bits per heavy atom.